The molecule has 0 aliphatic heterocycles. The molecule has 0 aliphatic carbocycles. The van der Waals surface area contributed by atoms with Crippen LogP contribution in [0.1, 0.15) is 24.0 Å². The minimum absolute atomic E-state index is 0.0357. The predicted molar refractivity (Wildman–Crippen MR) is 150 cm³/mol. The highest BCUT2D eigenvalue weighted by molar-refractivity contribution is 7.99. The number of nitrogens with zero attached hydrogens (tertiary/aromatic N) is 4. The SMILES string of the molecule is COCCOc1nc(N)c2[nH]c(=O)n(Cc3ccc(CCC(=O)CC(CSCCN(C)C)C(=O)O)cc3)c2n1. The smallest absolute Gasteiger partial charge is 0.328 e. The topological polar surface area (TPSA) is 166 Å². The number of benzene rings is 1. The van der Waals surface area contributed by atoms with E-state index < -0.39 is 11.9 Å². The Morgan fingerprint density at radius 2 is 1.90 bits per heavy atom. The summed E-state index contributed by atoms with van der Waals surface area (Å²) in [5, 5.41) is 9.49. The zero-order valence-electron chi connectivity index (χ0n) is 22.5. The van der Waals surface area contributed by atoms with Crippen molar-refractivity contribution >= 4 is 40.5 Å². The maximum atomic E-state index is 12.6. The van der Waals surface area contributed by atoms with E-state index in [0.717, 1.165) is 23.4 Å². The number of nitrogen functional groups attached to an aromatic ring is 1. The monoisotopic (exact) mass is 560 g/mol. The average molecular weight is 561 g/mol. The lowest BCUT2D eigenvalue weighted by Crippen LogP contribution is -2.22. The zero-order valence-corrected chi connectivity index (χ0v) is 23.3. The van der Waals surface area contributed by atoms with Gasteiger partial charge in [0.15, 0.2) is 11.5 Å². The number of anilines is 1. The molecule has 0 fully saturated rings. The first-order chi connectivity index (χ1) is 18.7. The quantitative estimate of drug-likeness (QED) is 0.206. The molecule has 0 saturated heterocycles. The fourth-order valence-electron chi connectivity index (χ4n) is 3.80. The van der Waals surface area contributed by atoms with Gasteiger partial charge in [-0.15, -0.1) is 0 Å². The Morgan fingerprint density at radius 3 is 2.56 bits per heavy atom. The number of carboxylic acid groups (broad SMARTS) is 1. The third-order valence-electron chi connectivity index (χ3n) is 6.03. The van der Waals surface area contributed by atoms with Gasteiger partial charge in [0.2, 0.25) is 0 Å². The summed E-state index contributed by atoms with van der Waals surface area (Å²) in [4.78, 5) is 49.8. The standard InChI is InChI=1S/C26H36N6O6S/c1-31(2)10-13-39-16-19(24(34)35)14-20(33)9-8-17-4-6-18(7-5-17)15-32-23-21(28-26(32)36)22(27)29-25(30-23)38-12-11-37-3/h4-7,19H,8-16H2,1-3H3,(H,28,36)(H,34,35)(H2,27,29,30). The van der Waals surface area contributed by atoms with Crippen molar-refractivity contribution in [2.45, 2.75) is 25.8 Å². The number of fused-ring (bicyclic) bond motifs is 1. The van der Waals surface area contributed by atoms with Crippen LogP contribution < -0.4 is 16.2 Å². The number of ketones is 1. The first kappa shape index (κ1) is 30.1. The van der Waals surface area contributed by atoms with E-state index in [1.165, 1.54) is 4.57 Å². The van der Waals surface area contributed by atoms with Crippen LogP contribution in [0.4, 0.5) is 5.82 Å². The number of carbonyl (C=O) groups excluding carboxylic acids is 1. The van der Waals surface area contributed by atoms with Gasteiger partial charge in [-0.25, -0.2) is 4.79 Å². The number of aryl methyl sites for hydroxylation is 1. The number of rotatable bonds is 17. The summed E-state index contributed by atoms with van der Waals surface area (Å²) in [7, 11) is 5.49. The van der Waals surface area contributed by atoms with Crippen molar-refractivity contribution in [2.24, 2.45) is 5.92 Å². The number of aliphatic carboxylic acids is 1. The van der Waals surface area contributed by atoms with Gasteiger partial charge in [-0.05, 0) is 31.6 Å². The highest BCUT2D eigenvalue weighted by atomic mass is 32.2. The number of thioether (sulfide) groups is 1. The summed E-state index contributed by atoms with van der Waals surface area (Å²) >= 11 is 1.56. The van der Waals surface area contributed by atoms with Crippen molar-refractivity contribution in [1.82, 2.24) is 24.4 Å². The van der Waals surface area contributed by atoms with E-state index in [1.54, 1.807) is 18.9 Å². The summed E-state index contributed by atoms with van der Waals surface area (Å²) in [5.41, 5.74) is 8.10. The van der Waals surface area contributed by atoms with E-state index >= 15 is 0 Å². The summed E-state index contributed by atoms with van der Waals surface area (Å²) in [6, 6.07) is 7.62. The largest absolute Gasteiger partial charge is 0.481 e. The molecule has 0 saturated carbocycles. The summed E-state index contributed by atoms with van der Waals surface area (Å²) in [6.07, 6.45) is 0.821. The van der Waals surface area contributed by atoms with Crippen LogP contribution in [0.25, 0.3) is 11.2 Å². The fraction of sp³-hybridized carbons (Fsp3) is 0.500. The number of nitrogens with two attached hydrogens (primary N) is 1. The Kier molecular flexibility index (Phi) is 11.3. The van der Waals surface area contributed by atoms with Gasteiger partial charge in [-0.2, -0.15) is 21.7 Å². The number of H-pyrrole nitrogens is 1. The van der Waals surface area contributed by atoms with E-state index in [1.807, 2.05) is 43.3 Å². The third-order valence-corrected chi connectivity index (χ3v) is 7.14. The molecule has 0 bridgehead atoms. The van der Waals surface area contributed by atoms with Crippen LogP contribution in [-0.4, -0.2) is 93.7 Å². The second-order valence-corrected chi connectivity index (χ2v) is 10.6. The fourth-order valence-corrected chi connectivity index (χ4v) is 5.01. The highest BCUT2D eigenvalue weighted by Gasteiger charge is 2.21. The molecule has 13 heteroatoms. The van der Waals surface area contributed by atoms with Gasteiger partial charge < -0.3 is 30.2 Å². The van der Waals surface area contributed by atoms with E-state index in [0.29, 0.717) is 29.9 Å². The Balaban J connectivity index is 1.58. The van der Waals surface area contributed by atoms with E-state index in [4.69, 9.17) is 15.2 Å². The number of nitrogens with one attached hydrogen (secondary N) is 1. The molecule has 3 aromatic rings. The molecule has 1 unspecified atom stereocenters. The maximum absolute atomic E-state index is 12.6. The number of hydrogen-bond donors (Lipinski definition) is 3. The van der Waals surface area contributed by atoms with Crippen LogP contribution in [0.2, 0.25) is 0 Å². The van der Waals surface area contributed by atoms with Gasteiger partial charge >= 0.3 is 17.7 Å². The van der Waals surface area contributed by atoms with E-state index in [9.17, 15) is 19.5 Å². The number of methoxy groups -OCH3 is 1. The molecule has 0 spiro atoms. The van der Waals surface area contributed by atoms with Crippen LogP contribution in [0.3, 0.4) is 0 Å². The van der Waals surface area contributed by atoms with Gasteiger partial charge in [0, 0.05) is 38.0 Å². The first-order valence-corrected chi connectivity index (χ1v) is 13.8. The molecule has 0 amide bonds. The molecule has 1 aromatic carbocycles. The molecule has 39 heavy (non-hydrogen) atoms. The van der Waals surface area contributed by atoms with Crippen LogP contribution in [0, 0.1) is 5.92 Å². The number of Topliss-reactive ketones (excluding diaryl/α,β-unsaturated/α-hetero) is 1. The van der Waals surface area contributed by atoms with Gasteiger partial charge in [-0.3, -0.25) is 14.2 Å². The summed E-state index contributed by atoms with van der Waals surface area (Å²) in [5.74, 6) is -0.310. The molecule has 212 valence electrons. The van der Waals surface area contributed by atoms with E-state index in [-0.39, 0.29) is 49.3 Å². The molecular formula is C26H36N6O6S. The van der Waals surface area contributed by atoms with Crippen molar-refractivity contribution in [3.63, 3.8) is 0 Å². The number of aromatic nitrogens is 4. The van der Waals surface area contributed by atoms with Crippen molar-refractivity contribution in [3.8, 4) is 6.01 Å². The number of aromatic amines is 1. The van der Waals surface area contributed by atoms with Crippen molar-refractivity contribution < 1.29 is 24.2 Å². The maximum Gasteiger partial charge on any atom is 0.328 e. The molecule has 2 aromatic heterocycles. The van der Waals surface area contributed by atoms with Gasteiger partial charge in [0.1, 0.15) is 17.9 Å². The normalized spacial score (nSPS) is 12.2. The molecular weight excluding hydrogens is 524 g/mol. The highest BCUT2D eigenvalue weighted by Crippen LogP contribution is 2.19. The number of imidazole rings is 1. The first-order valence-electron chi connectivity index (χ1n) is 12.6. The lowest BCUT2D eigenvalue weighted by Gasteiger charge is -2.13. The zero-order chi connectivity index (χ0) is 28.4. The molecule has 12 nitrogen and oxygen atoms in total. The van der Waals surface area contributed by atoms with Gasteiger partial charge in [0.05, 0.1) is 19.1 Å². The lowest BCUT2D eigenvalue weighted by molar-refractivity contribution is -0.142. The molecule has 4 N–H and O–H groups in total. The molecule has 0 aliphatic rings. The molecule has 0 radical (unpaired) electrons. The van der Waals surface area contributed by atoms with Crippen LogP contribution in [0.5, 0.6) is 6.01 Å². The van der Waals surface area contributed by atoms with Crippen molar-refractivity contribution in [2.75, 3.05) is 58.2 Å². The summed E-state index contributed by atoms with van der Waals surface area (Å²) < 4.78 is 11.9. The van der Waals surface area contributed by atoms with Crippen LogP contribution >= 0.6 is 11.8 Å². The second kappa shape index (κ2) is 14.7. The number of hydrogen-bond acceptors (Lipinski definition) is 10. The lowest BCUT2D eigenvalue weighted by atomic mass is 9.99. The van der Waals surface area contributed by atoms with Crippen LogP contribution in [0.15, 0.2) is 29.1 Å². The minimum Gasteiger partial charge on any atom is -0.481 e. The Hall–Kier alpha value is -3.42. The number of carboxylic acids is 1. The number of carbonyl (C=O) groups is 2. The Bertz CT molecular complexity index is 1310. The molecule has 3 rings (SSSR count). The van der Waals surface area contributed by atoms with E-state index in [2.05, 4.69) is 15.0 Å². The predicted octanol–water partition coefficient (Wildman–Crippen LogP) is 1.66. The van der Waals surface area contributed by atoms with Crippen LogP contribution in [-0.2, 0) is 27.3 Å². The second-order valence-electron chi connectivity index (χ2n) is 9.42. The van der Waals surface area contributed by atoms with Crippen molar-refractivity contribution in [3.05, 3.63) is 45.9 Å². The van der Waals surface area contributed by atoms with Gasteiger partial charge in [-0.1, -0.05) is 24.3 Å². The Morgan fingerprint density at radius 1 is 1.18 bits per heavy atom. The van der Waals surface area contributed by atoms with Gasteiger partial charge in [0.25, 0.3) is 0 Å². The molecule has 1 atom stereocenters. The minimum atomic E-state index is -0.932. The average Bonchev–Trinajstić information content (AvgIpc) is 3.20. The Labute approximate surface area is 230 Å². The summed E-state index contributed by atoms with van der Waals surface area (Å²) in [6.45, 7) is 1.71. The number of ether oxygens (including phenoxy) is 2. The van der Waals surface area contributed by atoms with Crippen molar-refractivity contribution in [1.29, 1.82) is 0 Å². The molecule has 2 heterocycles. The third kappa shape index (κ3) is 9.08.